The number of hydrogen-bond acceptors (Lipinski definition) is 6. The van der Waals surface area contributed by atoms with Crippen molar-refractivity contribution in [3.05, 3.63) is 52.2 Å². The molecule has 0 spiro atoms. The van der Waals surface area contributed by atoms with Gasteiger partial charge in [-0.3, -0.25) is 5.32 Å². The first kappa shape index (κ1) is 16.8. The molecule has 0 saturated carbocycles. The smallest absolute Gasteiger partial charge is 0.233 e. The summed E-state index contributed by atoms with van der Waals surface area (Å²) in [5.41, 5.74) is 3.48. The molecular weight excluding hydrogens is 320 g/mol. The van der Waals surface area contributed by atoms with Crippen molar-refractivity contribution in [1.82, 2.24) is 20.5 Å². The maximum atomic E-state index is 5.50. The van der Waals surface area contributed by atoms with Crippen molar-refractivity contribution >= 4 is 11.3 Å². The van der Waals surface area contributed by atoms with Gasteiger partial charge in [-0.15, -0.1) is 21.5 Å². The molecule has 1 N–H and O–H groups in total. The molecule has 2 aromatic heterocycles. The average Bonchev–Trinajstić information content (AvgIpc) is 3.14. The van der Waals surface area contributed by atoms with E-state index in [1.807, 2.05) is 6.92 Å². The lowest BCUT2D eigenvalue weighted by Gasteiger charge is -2.16. The molecule has 6 heteroatoms. The molecule has 0 bridgehead atoms. The van der Waals surface area contributed by atoms with E-state index in [1.165, 1.54) is 10.4 Å². The molecule has 2 heterocycles. The molecule has 0 fully saturated rings. The maximum absolute atomic E-state index is 5.50. The summed E-state index contributed by atoms with van der Waals surface area (Å²) in [4.78, 5) is 5.97. The first-order chi connectivity index (χ1) is 11.4. The summed E-state index contributed by atoms with van der Waals surface area (Å²) in [6, 6.07) is 8.63. The molecule has 0 unspecified atom stereocenters. The van der Waals surface area contributed by atoms with Crippen LogP contribution in [-0.4, -0.2) is 15.2 Å². The molecule has 0 aliphatic carbocycles. The van der Waals surface area contributed by atoms with Gasteiger partial charge in [0.1, 0.15) is 5.01 Å². The van der Waals surface area contributed by atoms with Gasteiger partial charge >= 0.3 is 0 Å². The number of rotatable bonds is 5. The Hall–Kier alpha value is -2.05. The Morgan fingerprint density at radius 1 is 1.00 bits per heavy atom. The fourth-order valence-corrected chi connectivity index (χ4v) is 3.72. The van der Waals surface area contributed by atoms with Crippen LogP contribution in [0, 0.1) is 20.8 Å². The third kappa shape index (κ3) is 3.55. The molecule has 0 radical (unpaired) electrons. The fraction of sp³-hybridized carbons (Fsp3) is 0.389. The van der Waals surface area contributed by atoms with Crippen LogP contribution in [0.25, 0.3) is 10.6 Å². The number of nitrogens with zero attached hydrogens (tertiary/aromatic N) is 3. The lowest BCUT2D eigenvalue weighted by Crippen LogP contribution is -2.22. The Morgan fingerprint density at radius 2 is 1.71 bits per heavy atom. The van der Waals surface area contributed by atoms with Crippen molar-refractivity contribution in [3.63, 3.8) is 0 Å². The first-order valence-corrected chi connectivity index (χ1v) is 8.86. The zero-order valence-corrected chi connectivity index (χ0v) is 15.4. The lowest BCUT2D eigenvalue weighted by atomic mass is 10.1. The lowest BCUT2D eigenvalue weighted by molar-refractivity contribution is 0.381. The van der Waals surface area contributed by atoms with E-state index in [0.29, 0.717) is 11.8 Å². The molecule has 126 valence electrons. The molecule has 2 atom stereocenters. The molecule has 3 rings (SSSR count). The largest absolute Gasteiger partial charge is 0.424 e. The minimum absolute atomic E-state index is 0.00877. The van der Waals surface area contributed by atoms with E-state index in [1.54, 1.807) is 18.3 Å². The molecule has 24 heavy (non-hydrogen) atoms. The second-order valence-electron chi connectivity index (χ2n) is 6.10. The van der Waals surface area contributed by atoms with Crippen LogP contribution in [0.3, 0.4) is 0 Å². The van der Waals surface area contributed by atoms with Gasteiger partial charge in [0.2, 0.25) is 11.8 Å². The van der Waals surface area contributed by atoms with Crippen LogP contribution in [0.4, 0.5) is 0 Å². The maximum Gasteiger partial charge on any atom is 0.233 e. The highest BCUT2D eigenvalue weighted by atomic mass is 32.1. The zero-order chi connectivity index (χ0) is 17.3. The topological polar surface area (TPSA) is 63.8 Å². The highest BCUT2D eigenvalue weighted by molar-refractivity contribution is 7.15. The molecule has 3 aromatic rings. The van der Waals surface area contributed by atoms with E-state index in [-0.39, 0.29) is 12.1 Å². The van der Waals surface area contributed by atoms with Crippen molar-refractivity contribution in [2.45, 2.75) is 46.7 Å². The predicted molar refractivity (Wildman–Crippen MR) is 96.0 cm³/mol. The van der Waals surface area contributed by atoms with Crippen LogP contribution in [0.2, 0.25) is 0 Å². The zero-order valence-electron chi connectivity index (χ0n) is 14.6. The quantitative estimate of drug-likeness (QED) is 0.738. The molecule has 0 aliphatic rings. The molecule has 5 nitrogen and oxygen atoms in total. The Labute approximate surface area is 146 Å². The Balaban J connectivity index is 1.77. The number of hydrogen-bond donors (Lipinski definition) is 1. The van der Waals surface area contributed by atoms with Crippen LogP contribution in [0.5, 0.6) is 0 Å². The summed E-state index contributed by atoms with van der Waals surface area (Å²) in [6.07, 6.45) is 0. The third-order valence-electron chi connectivity index (χ3n) is 3.94. The van der Waals surface area contributed by atoms with Gasteiger partial charge in [0, 0.05) is 23.4 Å². The minimum atomic E-state index is -0.00877. The summed E-state index contributed by atoms with van der Waals surface area (Å²) in [6.45, 7) is 10.1. The van der Waals surface area contributed by atoms with E-state index >= 15 is 0 Å². The van der Waals surface area contributed by atoms with Gasteiger partial charge < -0.3 is 4.42 Å². The Bertz CT molecular complexity index is 822. The minimum Gasteiger partial charge on any atom is -0.424 e. The monoisotopic (exact) mass is 342 g/mol. The predicted octanol–water partition coefficient (Wildman–Crippen LogP) is 4.53. The number of aryl methyl sites for hydroxylation is 3. The van der Waals surface area contributed by atoms with Gasteiger partial charge in [0.15, 0.2) is 0 Å². The Morgan fingerprint density at radius 3 is 2.33 bits per heavy atom. The van der Waals surface area contributed by atoms with Gasteiger partial charge in [-0.05, 0) is 27.7 Å². The molecule has 0 amide bonds. The van der Waals surface area contributed by atoms with Crippen molar-refractivity contribution < 1.29 is 4.42 Å². The summed E-state index contributed by atoms with van der Waals surface area (Å²) in [5, 5.41) is 12.5. The van der Waals surface area contributed by atoms with Crippen molar-refractivity contribution in [3.8, 4) is 10.6 Å². The second kappa shape index (κ2) is 6.83. The van der Waals surface area contributed by atoms with E-state index in [4.69, 9.17) is 9.40 Å². The van der Waals surface area contributed by atoms with E-state index in [9.17, 15) is 0 Å². The van der Waals surface area contributed by atoms with E-state index in [2.05, 4.69) is 60.6 Å². The molecule has 1 aromatic carbocycles. The number of benzene rings is 1. The van der Waals surface area contributed by atoms with Crippen LogP contribution in [0.15, 0.2) is 28.7 Å². The second-order valence-corrected chi connectivity index (χ2v) is 7.13. The van der Waals surface area contributed by atoms with Crippen LogP contribution < -0.4 is 5.32 Å². The highest BCUT2D eigenvalue weighted by Gasteiger charge is 2.20. The summed E-state index contributed by atoms with van der Waals surface area (Å²) >= 11 is 1.73. The number of nitrogens with one attached hydrogen (secondary N) is 1. The third-order valence-corrected chi connectivity index (χ3v) is 5.33. The average molecular weight is 342 g/mol. The highest BCUT2D eigenvalue weighted by Crippen LogP contribution is 2.32. The molecule has 0 aliphatic heterocycles. The SMILES string of the molecule is Cc1ccc(-c2nc(C)c([C@H](C)N[C@@H](C)c3nnc(C)o3)s2)cc1. The summed E-state index contributed by atoms with van der Waals surface area (Å²) < 4.78 is 5.50. The number of aromatic nitrogens is 3. The van der Waals surface area contributed by atoms with Crippen molar-refractivity contribution in [1.29, 1.82) is 0 Å². The van der Waals surface area contributed by atoms with Crippen LogP contribution in [0.1, 0.15) is 53.8 Å². The van der Waals surface area contributed by atoms with Crippen molar-refractivity contribution in [2.24, 2.45) is 0 Å². The normalized spacial score (nSPS) is 13.9. The van der Waals surface area contributed by atoms with Gasteiger partial charge in [0.25, 0.3) is 0 Å². The standard InChI is InChI=1S/C18H22N4OS/c1-10-6-8-15(9-7-10)18-20-12(3)16(24-18)11(2)19-13(4)17-22-21-14(5)23-17/h6-9,11,13,19H,1-5H3/t11-,13-/m0/s1. The van der Waals surface area contributed by atoms with Crippen molar-refractivity contribution in [2.75, 3.05) is 0 Å². The van der Waals surface area contributed by atoms with Gasteiger partial charge in [-0.25, -0.2) is 4.98 Å². The fourth-order valence-electron chi connectivity index (χ4n) is 2.64. The number of thiazole rings is 1. The summed E-state index contributed by atoms with van der Waals surface area (Å²) in [5.74, 6) is 1.20. The van der Waals surface area contributed by atoms with E-state index in [0.717, 1.165) is 16.3 Å². The molecular formula is C18H22N4OS. The van der Waals surface area contributed by atoms with Crippen LogP contribution in [-0.2, 0) is 0 Å². The van der Waals surface area contributed by atoms with E-state index < -0.39 is 0 Å². The Kier molecular flexibility index (Phi) is 4.78. The van der Waals surface area contributed by atoms with Gasteiger partial charge in [-0.2, -0.15) is 0 Å². The first-order valence-electron chi connectivity index (χ1n) is 8.04. The van der Waals surface area contributed by atoms with Gasteiger partial charge in [0.05, 0.1) is 11.7 Å². The summed E-state index contributed by atoms with van der Waals surface area (Å²) in [7, 11) is 0. The molecule has 0 saturated heterocycles. The van der Waals surface area contributed by atoms with Crippen LogP contribution >= 0.6 is 11.3 Å². The van der Waals surface area contributed by atoms with Gasteiger partial charge in [-0.1, -0.05) is 29.8 Å².